The number of hydrogen-bond donors (Lipinski definition) is 2. The Labute approximate surface area is 122 Å². The molecule has 0 radical (unpaired) electrons. The van der Waals surface area contributed by atoms with E-state index in [-0.39, 0.29) is 24.3 Å². The predicted octanol–water partition coefficient (Wildman–Crippen LogP) is 1.95. The predicted molar refractivity (Wildman–Crippen MR) is 77.7 cm³/mol. The molecule has 19 heavy (non-hydrogen) atoms. The van der Waals surface area contributed by atoms with Gasteiger partial charge in [0.1, 0.15) is 0 Å². The molecule has 0 heterocycles. The number of halogens is 1. The topological polar surface area (TPSA) is 58.6 Å². The Bertz CT molecular complexity index is 397. The molecule has 0 saturated carbocycles. The van der Waals surface area contributed by atoms with Gasteiger partial charge in [-0.25, -0.2) is 0 Å². The Hall–Kier alpha value is -0.750. The summed E-state index contributed by atoms with van der Waals surface area (Å²) < 4.78 is 4.99. The van der Waals surface area contributed by atoms with Gasteiger partial charge in [0.15, 0.2) is 0 Å². The second kappa shape index (κ2) is 9.20. The summed E-state index contributed by atoms with van der Waals surface area (Å²) in [7, 11) is 1.56. The highest BCUT2D eigenvalue weighted by atomic mass is 35.5. The van der Waals surface area contributed by atoms with Crippen LogP contribution in [0.3, 0.4) is 0 Å². The lowest BCUT2D eigenvalue weighted by atomic mass is 10.2. The van der Waals surface area contributed by atoms with E-state index in [1.165, 1.54) is 11.8 Å². The number of benzene rings is 1. The van der Waals surface area contributed by atoms with Crippen molar-refractivity contribution < 1.29 is 14.6 Å². The maximum absolute atomic E-state index is 11.8. The van der Waals surface area contributed by atoms with Gasteiger partial charge in [-0.2, -0.15) is 0 Å². The van der Waals surface area contributed by atoms with Gasteiger partial charge in [0.25, 0.3) is 0 Å². The van der Waals surface area contributed by atoms with Gasteiger partial charge in [-0.3, -0.25) is 4.79 Å². The molecule has 1 aromatic rings. The second-order valence-electron chi connectivity index (χ2n) is 3.95. The molecule has 2 N–H and O–H groups in total. The average Bonchev–Trinajstić information content (AvgIpc) is 2.38. The van der Waals surface area contributed by atoms with Crippen LogP contribution in [0.4, 0.5) is 0 Å². The van der Waals surface area contributed by atoms with Gasteiger partial charge in [0.05, 0.1) is 23.4 Å². The standard InChI is InChI=1S/C13H18ClNO3S/c1-18-8-10(6-7-16)15-13(17)9-19-12-5-3-2-4-11(12)14/h2-5,10,16H,6-9H2,1H3,(H,15,17). The highest BCUT2D eigenvalue weighted by Crippen LogP contribution is 2.26. The molecule has 0 aliphatic heterocycles. The number of thioether (sulfide) groups is 1. The Kier molecular flexibility index (Phi) is 7.90. The van der Waals surface area contributed by atoms with E-state index in [0.29, 0.717) is 18.1 Å². The number of methoxy groups -OCH3 is 1. The zero-order valence-corrected chi connectivity index (χ0v) is 12.3. The van der Waals surface area contributed by atoms with E-state index in [1.54, 1.807) is 13.2 Å². The molecule has 0 aliphatic carbocycles. The van der Waals surface area contributed by atoms with Crippen LogP contribution in [0.5, 0.6) is 0 Å². The van der Waals surface area contributed by atoms with Crippen molar-refractivity contribution in [3.05, 3.63) is 29.3 Å². The summed E-state index contributed by atoms with van der Waals surface area (Å²) >= 11 is 7.39. The molecule has 4 nitrogen and oxygen atoms in total. The Morgan fingerprint density at radius 1 is 1.53 bits per heavy atom. The van der Waals surface area contributed by atoms with Crippen LogP contribution in [0.15, 0.2) is 29.2 Å². The van der Waals surface area contributed by atoms with E-state index in [0.717, 1.165) is 4.90 Å². The SMILES string of the molecule is COCC(CCO)NC(=O)CSc1ccccc1Cl. The molecule has 0 fully saturated rings. The number of rotatable bonds is 8. The Morgan fingerprint density at radius 2 is 2.26 bits per heavy atom. The molecular weight excluding hydrogens is 286 g/mol. The number of ether oxygens (including phenoxy) is 1. The minimum absolute atomic E-state index is 0.0198. The van der Waals surface area contributed by atoms with Crippen LogP contribution < -0.4 is 5.32 Å². The Morgan fingerprint density at radius 3 is 2.89 bits per heavy atom. The first-order valence-corrected chi connectivity index (χ1v) is 7.30. The molecule has 6 heteroatoms. The smallest absolute Gasteiger partial charge is 0.230 e. The van der Waals surface area contributed by atoms with Crippen molar-refractivity contribution in [2.75, 3.05) is 26.1 Å². The first-order valence-electron chi connectivity index (χ1n) is 5.94. The monoisotopic (exact) mass is 303 g/mol. The van der Waals surface area contributed by atoms with Gasteiger partial charge in [0, 0.05) is 18.6 Å². The largest absolute Gasteiger partial charge is 0.396 e. The van der Waals surface area contributed by atoms with Crippen molar-refractivity contribution in [2.24, 2.45) is 0 Å². The summed E-state index contributed by atoms with van der Waals surface area (Å²) in [5, 5.41) is 12.4. The van der Waals surface area contributed by atoms with Crippen molar-refractivity contribution in [3.63, 3.8) is 0 Å². The van der Waals surface area contributed by atoms with Crippen molar-refractivity contribution in [3.8, 4) is 0 Å². The molecule has 0 bridgehead atoms. The zero-order chi connectivity index (χ0) is 14.1. The third kappa shape index (κ3) is 6.29. The number of carbonyl (C=O) groups excluding carboxylic acids is 1. The van der Waals surface area contributed by atoms with E-state index in [4.69, 9.17) is 21.4 Å². The van der Waals surface area contributed by atoms with E-state index in [9.17, 15) is 4.79 Å². The molecule has 0 aromatic heterocycles. The molecule has 0 aliphatic rings. The van der Waals surface area contributed by atoms with Crippen LogP contribution in [0.2, 0.25) is 5.02 Å². The molecular formula is C13H18ClNO3S. The first-order chi connectivity index (χ1) is 9.17. The third-order valence-corrected chi connectivity index (χ3v) is 3.92. The van der Waals surface area contributed by atoms with Gasteiger partial charge in [-0.1, -0.05) is 23.7 Å². The number of amides is 1. The van der Waals surface area contributed by atoms with Crippen molar-refractivity contribution in [1.29, 1.82) is 0 Å². The average molecular weight is 304 g/mol. The molecule has 0 saturated heterocycles. The van der Waals surface area contributed by atoms with Gasteiger partial charge in [-0.05, 0) is 18.6 Å². The molecule has 1 atom stereocenters. The van der Waals surface area contributed by atoms with Crippen LogP contribution in [-0.2, 0) is 9.53 Å². The first kappa shape index (κ1) is 16.3. The summed E-state index contributed by atoms with van der Waals surface area (Å²) in [6.07, 6.45) is 0.482. The lowest BCUT2D eigenvalue weighted by Crippen LogP contribution is -2.39. The minimum atomic E-state index is -0.158. The quantitative estimate of drug-likeness (QED) is 0.721. The summed E-state index contributed by atoms with van der Waals surface area (Å²) in [4.78, 5) is 12.7. The lowest BCUT2D eigenvalue weighted by Gasteiger charge is -2.16. The van der Waals surface area contributed by atoms with Gasteiger partial charge in [0.2, 0.25) is 5.91 Å². The van der Waals surface area contributed by atoms with Crippen LogP contribution in [0, 0.1) is 0 Å². The Balaban J connectivity index is 2.40. The molecule has 1 aromatic carbocycles. The van der Waals surface area contributed by atoms with Gasteiger partial charge >= 0.3 is 0 Å². The number of nitrogens with one attached hydrogen (secondary N) is 1. The van der Waals surface area contributed by atoms with Crippen molar-refractivity contribution in [1.82, 2.24) is 5.32 Å². The zero-order valence-electron chi connectivity index (χ0n) is 10.8. The molecule has 0 spiro atoms. The third-order valence-electron chi connectivity index (χ3n) is 2.41. The molecule has 1 amide bonds. The number of hydrogen-bond acceptors (Lipinski definition) is 4. The van der Waals surface area contributed by atoms with Crippen LogP contribution in [0.1, 0.15) is 6.42 Å². The van der Waals surface area contributed by atoms with Crippen molar-refractivity contribution in [2.45, 2.75) is 17.4 Å². The maximum Gasteiger partial charge on any atom is 0.230 e. The fourth-order valence-corrected chi connectivity index (χ4v) is 2.58. The van der Waals surface area contributed by atoms with Gasteiger partial charge in [-0.15, -0.1) is 11.8 Å². The van der Waals surface area contributed by atoms with Crippen molar-refractivity contribution >= 4 is 29.3 Å². The summed E-state index contributed by atoms with van der Waals surface area (Å²) in [6.45, 7) is 0.412. The summed E-state index contributed by atoms with van der Waals surface area (Å²) in [5.41, 5.74) is 0. The summed E-state index contributed by atoms with van der Waals surface area (Å²) in [5.74, 6) is 0.190. The number of aliphatic hydroxyl groups excluding tert-OH is 1. The van der Waals surface area contributed by atoms with E-state index in [2.05, 4.69) is 5.32 Å². The molecule has 1 rings (SSSR count). The van der Waals surface area contributed by atoms with E-state index in [1.807, 2.05) is 18.2 Å². The minimum Gasteiger partial charge on any atom is -0.396 e. The normalized spacial score (nSPS) is 12.2. The molecule has 1 unspecified atom stereocenters. The van der Waals surface area contributed by atoms with Crippen LogP contribution in [0.25, 0.3) is 0 Å². The fourth-order valence-electron chi connectivity index (χ4n) is 1.53. The van der Waals surface area contributed by atoms with Crippen LogP contribution in [-0.4, -0.2) is 43.1 Å². The number of carbonyl (C=O) groups is 1. The molecule has 106 valence electrons. The lowest BCUT2D eigenvalue weighted by molar-refractivity contribution is -0.119. The van der Waals surface area contributed by atoms with Crippen LogP contribution >= 0.6 is 23.4 Å². The summed E-state index contributed by atoms with van der Waals surface area (Å²) in [6, 6.07) is 7.24. The highest BCUT2D eigenvalue weighted by molar-refractivity contribution is 8.00. The van der Waals surface area contributed by atoms with E-state index < -0.39 is 0 Å². The van der Waals surface area contributed by atoms with Gasteiger partial charge < -0.3 is 15.2 Å². The fraction of sp³-hybridized carbons (Fsp3) is 0.462. The second-order valence-corrected chi connectivity index (χ2v) is 5.38. The number of aliphatic hydroxyl groups is 1. The highest BCUT2D eigenvalue weighted by Gasteiger charge is 2.12. The maximum atomic E-state index is 11.8. The van der Waals surface area contributed by atoms with E-state index >= 15 is 0 Å².